The molecule has 0 spiro atoms. The molecule has 1 aromatic rings. The molecule has 0 aromatic heterocycles. The van der Waals surface area contributed by atoms with Crippen molar-refractivity contribution < 1.29 is 4.74 Å². The van der Waals surface area contributed by atoms with Gasteiger partial charge in [0.15, 0.2) is 0 Å². The Labute approximate surface area is 120 Å². The summed E-state index contributed by atoms with van der Waals surface area (Å²) in [6.45, 7) is 8.06. The zero-order valence-corrected chi connectivity index (χ0v) is 12.8. The van der Waals surface area contributed by atoms with Gasteiger partial charge in [-0.1, -0.05) is 30.3 Å². The summed E-state index contributed by atoms with van der Waals surface area (Å²) in [5, 5.41) is 0. The SMILES string of the molecule is CC1=C(SC(C)(C)c2ccccc2)CCOC1CN. The van der Waals surface area contributed by atoms with Crippen LogP contribution in [0.25, 0.3) is 0 Å². The van der Waals surface area contributed by atoms with Gasteiger partial charge < -0.3 is 10.5 Å². The highest BCUT2D eigenvalue weighted by Crippen LogP contribution is 2.44. The average molecular weight is 277 g/mol. The van der Waals surface area contributed by atoms with Crippen molar-refractivity contribution in [3.8, 4) is 0 Å². The van der Waals surface area contributed by atoms with Crippen LogP contribution in [-0.2, 0) is 9.48 Å². The first kappa shape index (κ1) is 14.6. The number of nitrogens with two attached hydrogens (primary N) is 1. The quantitative estimate of drug-likeness (QED) is 0.912. The Morgan fingerprint density at radius 1 is 1.32 bits per heavy atom. The zero-order chi connectivity index (χ0) is 13.9. The molecular formula is C16H23NOS. The van der Waals surface area contributed by atoms with E-state index in [9.17, 15) is 0 Å². The van der Waals surface area contributed by atoms with Crippen LogP contribution in [0.1, 0.15) is 32.8 Å². The molecule has 0 aliphatic carbocycles. The second-order valence-electron chi connectivity index (χ2n) is 5.43. The molecule has 3 heteroatoms. The highest BCUT2D eigenvalue weighted by Gasteiger charge is 2.27. The zero-order valence-electron chi connectivity index (χ0n) is 12.0. The van der Waals surface area contributed by atoms with Crippen molar-refractivity contribution in [2.24, 2.45) is 5.73 Å². The van der Waals surface area contributed by atoms with Gasteiger partial charge in [0.25, 0.3) is 0 Å². The van der Waals surface area contributed by atoms with Crippen molar-refractivity contribution in [1.29, 1.82) is 0 Å². The van der Waals surface area contributed by atoms with Gasteiger partial charge in [-0.15, -0.1) is 11.8 Å². The number of rotatable bonds is 4. The normalized spacial score (nSPS) is 20.7. The van der Waals surface area contributed by atoms with E-state index < -0.39 is 0 Å². The number of thioether (sulfide) groups is 1. The van der Waals surface area contributed by atoms with Crippen LogP contribution < -0.4 is 5.73 Å². The lowest BCUT2D eigenvalue weighted by Gasteiger charge is -2.31. The number of hydrogen-bond donors (Lipinski definition) is 1. The Morgan fingerprint density at radius 2 is 2.00 bits per heavy atom. The van der Waals surface area contributed by atoms with Crippen LogP contribution in [-0.4, -0.2) is 19.3 Å². The van der Waals surface area contributed by atoms with Gasteiger partial charge in [0, 0.05) is 17.7 Å². The second-order valence-corrected chi connectivity index (χ2v) is 7.15. The molecule has 104 valence electrons. The fourth-order valence-electron chi connectivity index (χ4n) is 2.38. The van der Waals surface area contributed by atoms with Crippen molar-refractivity contribution >= 4 is 11.8 Å². The summed E-state index contributed by atoms with van der Waals surface area (Å²) in [4.78, 5) is 1.44. The van der Waals surface area contributed by atoms with Crippen LogP contribution >= 0.6 is 11.8 Å². The van der Waals surface area contributed by atoms with Crippen LogP contribution in [0.3, 0.4) is 0 Å². The molecule has 1 heterocycles. The lowest BCUT2D eigenvalue weighted by atomic mass is 10.0. The average Bonchev–Trinajstić information content (AvgIpc) is 2.42. The second kappa shape index (κ2) is 6.12. The van der Waals surface area contributed by atoms with Crippen molar-refractivity contribution in [2.75, 3.05) is 13.2 Å². The molecule has 2 nitrogen and oxygen atoms in total. The Morgan fingerprint density at radius 3 is 2.63 bits per heavy atom. The minimum absolute atomic E-state index is 0.0777. The van der Waals surface area contributed by atoms with E-state index in [1.807, 2.05) is 11.8 Å². The predicted octanol–water partition coefficient (Wildman–Crippen LogP) is 3.68. The first-order valence-corrected chi connectivity index (χ1v) is 7.62. The minimum Gasteiger partial charge on any atom is -0.372 e. The third kappa shape index (κ3) is 3.41. The van der Waals surface area contributed by atoms with Gasteiger partial charge in [0.2, 0.25) is 0 Å². The molecule has 2 N–H and O–H groups in total. The Bertz CT molecular complexity index is 453. The van der Waals surface area contributed by atoms with Crippen LogP contribution in [0.15, 0.2) is 40.8 Å². The van der Waals surface area contributed by atoms with Crippen molar-refractivity contribution in [2.45, 2.75) is 38.0 Å². The summed E-state index contributed by atoms with van der Waals surface area (Å²) >= 11 is 1.95. The molecule has 0 radical (unpaired) electrons. The van der Waals surface area contributed by atoms with E-state index >= 15 is 0 Å². The first-order chi connectivity index (χ1) is 9.04. The molecule has 1 aliphatic rings. The maximum absolute atomic E-state index is 5.76. The van der Waals surface area contributed by atoms with Crippen LogP contribution in [0.2, 0.25) is 0 Å². The predicted molar refractivity (Wildman–Crippen MR) is 83.2 cm³/mol. The van der Waals surface area contributed by atoms with Gasteiger partial charge in [-0.2, -0.15) is 0 Å². The van der Waals surface area contributed by atoms with Crippen molar-refractivity contribution in [3.05, 3.63) is 46.4 Å². The van der Waals surface area contributed by atoms with Gasteiger partial charge in [0.05, 0.1) is 12.7 Å². The number of benzene rings is 1. The molecule has 0 bridgehead atoms. The molecule has 0 amide bonds. The standard InChI is InChI=1S/C16H23NOS/c1-12-14(11-17)18-10-9-15(12)19-16(2,3)13-7-5-4-6-8-13/h4-8,14H,9-11,17H2,1-3H3. The van der Waals surface area contributed by atoms with Crippen LogP contribution in [0, 0.1) is 0 Å². The van der Waals surface area contributed by atoms with Crippen LogP contribution in [0.4, 0.5) is 0 Å². The summed E-state index contributed by atoms with van der Waals surface area (Å²) in [6.07, 6.45) is 1.10. The molecule has 0 saturated carbocycles. The Kier molecular flexibility index (Phi) is 4.71. The Balaban J connectivity index is 2.20. The third-order valence-corrected chi connectivity index (χ3v) is 5.15. The molecule has 1 aromatic carbocycles. The van der Waals surface area contributed by atoms with E-state index in [0.717, 1.165) is 13.0 Å². The van der Waals surface area contributed by atoms with E-state index in [4.69, 9.17) is 10.5 Å². The molecule has 0 saturated heterocycles. The van der Waals surface area contributed by atoms with E-state index in [-0.39, 0.29) is 10.9 Å². The van der Waals surface area contributed by atoms with Gasteiger partial charge in [0.1, 0.15) is 0 Å². The molecule has 1 atom stereocenters. The maximum atomic E-state index is 5.76. The van der Waals surface area contributed by atoms with Gasteiger partial charge in [-0.25, -0.2) is 0 Å². The van der Waals surface area contributed by atoms with Crippen molar-refractivity contribution in [1.82, 2.24) is 0 Å². The largest absolute Gasteiger partial charge is 0.372 e. The summed E-state index contributed by atoms with van der Waals surface area (Å²) in [5.74, 6) is 0. The highest BCUT2D eigenvalue weighted by atomic mass is 32.2. The smallest absolute Gasteiger partial charge is 0.0915 e. The minimum atomic E-state index is 0.0777. The van der Waals surface area contributed by atoms with Gasteiger partial charge >= 0.3 is 0 Å². The van der Waals surface area contributed by atoms with E-state index in [1.54, 1.807) is 0 Å². The monoisotopic (exact) mass is 277 g/mol. The summed E-state index contributed by atoms with van der Waals surface area (Å²) in [5.41, 5.74) is 8.43. The summed E-state index contributed by atoms with van der Waals surface area (Å²) < 4.78 is 5.77. The van der Waals surface area contributed by atoms with Gasteiger partial charge in [-0.3, -0.25) is 0 Å². The highest BCUT2D eigenvalue weighted by molar-refractivity contribution is 8.03. The van der Waals surface area contributed by atoms with Gasteiger partial charge in [-0.05, 0) is 36.8 Å². The summed E-state index contributed by atoms with van der Waals surface area (Å²) in [6, 6.07) is 10.7. The van der Waals surface area contributed by atoms with E-state index in [2.05, 4.69) is 51.1 Å². The molecule has 19 heavy (non-hydrogen) atoms. The molecule has 1 aliphatic heterocycles. The van der Waals surface area contributed by atoms with Crippen molar-refractivity contribution in [3.63, 3.8) is 0 Å². The van der Waals surface area contributed by atoms with E-state index in [0.29, 0.717) is 6.54 Å². The molecule has 0 fully saturated rings. The lowest BCUT2D eigenvalue weighted by molar-refractivity contribution is 0.0755. The first-order valence-electron chi connectivity index (χ1n) is 6.80. The number of hydrogen-bond acceptors (Lipinski definition) is 3. The molecular weight excluding hydrogens is 254 g/mol. The fraction of sp³-hybridized carbons (Fsp3) is 0.500. The number of ether oxygens (including phenoxy) is 1. The van der Waals surface area contributed by atoms with E-state index in [1.165, 1.54) is 16.0 Å². The lowest BCUT2D eigenvalue weighted by Crippen LogP contribution is -2.30. The fourth-order valence-corrected chi connectivity index (χ4v) is 3.73. The molecule has 2 rings (SSSR count). The molecule has 1 unspecified atom stereocenters. The van der Waals surface area contributed by atoms with Crippen LogP contribution in [0.5, 0.6) is 0 Å². The third-order valence-electron chi connectivity index (χ3n) is 3.63. The Hall–Kier alpha value is -0.770. The topological polar surface area (TPSA) is 35.2 Å². The summed E-state index contributed by atoms with van der Waals surface area (Å²) in [7, 11) is 0. The maximum Gasteiger partial charge on any atom is 0.0915 e.